The van der Waals surface area contributed by atoms with Crippen molar-refractivity contribution in [3.63, 3.8) is 0 Å². The van der Waals surface area contributed by atoms with Crippen molar-refractivity contribution < 1.29 is 19.4 Å². The van der Waals surface area contributed by atoms with Gasteiger partial charge in [0.2, 0.25) is 0 Å². The Morgan fingerprint density at radius 3 is 1.54 bits per heavy atom. The Morgan fingerprint density at radius 2 is 1.06 bits per heavy atom. The highest BCUT2D eigenvalue weighted by atomic mass is 16.5. The van der Waals surface area contributed by atoms with Gasteiger partial charge in [-0.1, -0.05) is 62.8 Å². The maximum atomic E-state index is 10.8. The van der Waals surface area contributed by atoms with Crippen LogP contribution in [0.2, 0.25) is 0 Å². The second-order valence-electron chi connectivity index (χ2n) is 8.54. The van der Waals surface area contributed by atoms with E-state index in [1.807, 2.05) is 24.3 Å². The van der Waals surface area contributed by atoms with Crippen LogP contribution in [0.3, 0.4) is 0 Å². The summed E-state index contributed by atoms with van der Waals surface area (Å²) in [6.45, 7) is 1.43. The van der Waals surface area contributed by atoms with Crippen LogP contribution in [0.4, 0.5) is 0 Å². The van der Waals surface area contributed by atoms with Gasteiger partial charge in [0.1, 0.15) is 11.5 Å². The molecule has 5 nitrogen and oxygen atoms in total. The maximum absolute atomic E-state index is 10.8. The van der Waals surface area contributed by atoms with Crippen molar-refractivity contribution in [2.45, 2.75) is 51.4 Å². The van der Waals surface area contributed by atoms with Crippen LogP contribution in [-0.4, -0.2) is 29.3 Å². The zero-order valence-electron chi connectivity index (χ0n) is 20.3. The summed E-state index contributed by atoms with van der Waals surface area (Å²) in [7, 11) is 0. The molecule has 0 fully saturated rings. The fraction of sp³-hybridized carbons (Fsp3) is 0.333. The fourth-order valence-electron chi connectivity index (χ4n) is 3.68. The summed E-state index contributed by atoms with van der Waals surface area (Å²) in [5.74, 6) is 0.734. The molecule has 0 radical (unpaired) electrons. The zero-order valence-corrected chi connectivity index (χ0v) is 20.3. The normalized spacial score (nSPS) is 11.0. The summed E-state index contributed by atoms with van der Waals surface area (Å²) in [4.78, 5) is 14.9. The number of nitrogens with zero attached hydrogens (tertiary/aromatic N) is 1. The molecule has 0 aliphatic heterocycles. The standard InChI is InChI=1S/C30H35NO4/c32-30(33)27-13-17-29(18-14-27)35-24-8-6-4-2-1-3-5-7-23-34-28-15-11-25(12-16-28)9-10-26-19-21-31-22-20-26/h9-22H,1-8,23-24H2,(H,32,33)/b10-9+. The molecular weight excluding hydrogens is 438 g/mol. The molecule has 35 heavy (non-hydrogen) atoms. The third-order valence-electron chi connectivity index (χ3n) is 5.73. The summed E-state index contributed by atoms with van der Waals surface area (Å²) in [6, 6.07) is 18.7. The first kappa shape index (κ1) is 26.0. The SMILES string of the molecule is O=C(O)c1ccc(OCCCCCCCCCCOc2ccc(/C=C/c3ccncc3)cc2)cc1. The van der Waals surface area contributed by atoms with E-state index in [4.69, 9.17) is 14.6 Å². The van der Waals surface area contributed by atoms with E-state index in [2.05, 4.69) is 29.3 Å². The molecule has 5 heteroatoms. The van der Waals surface area contributed by atoms with Crippen LogP contribution in [0.25, 0.3) is 12.2 Å². The molecule has 3 rings (SSSR count). The number of unbranched alkanes of at least 4 members (excludes halogenated alkanes) is 7. The Morgan fingerprint density at radius 1 is 0.629 bits per heavy atom. The van der Waals surface area contributed by atoms with E-state index in [0.29, 0.717) is 6.61 Å². The number of carbonyl (C=O) groups is 1. The lowest BCUT2D eigenvalue weighted by atomic mass is 10.1. The molecule has 3 aromatic rings. The number of ether oxygens (including phenoxy) is 2. The van der Waals surface area contributed by atoms with Crippen molar-refractivity contribution in [1.29, 1.82) is 0 Å². The van der Waals surface area contributed by atoms with Crippen LogP contribution < -0.4 is 9.47 Å². The summed E-state index contributed by atoms with van der Waals surface area (Å²) in [5, 5.41) is 8.90. The first-order valence-corrected chi connectivity index (χ1v) is 12.5. The van der Waals surface area contributed by atoms with Crippen molar-refractivity contribution in [3.05, 3.63) is 89.7 Å². The highest BCUT2D eigenvalue weighted by molar-refractivity contribution is 5.87. The van der Waals surface area contributed by atoms with Crippen LogP contribution in [0, 0.1) is 0 Å². The molecule has 0 unspecified atom stereocenters. The summed E-state index contributed by atoms with van der Waals surface area (Å²) >= 11 is 0. The molecule has 1 heterocycles. The van der Waals surface area contributed by atoms with E-state index in [0.717, 1.165) is 48.5 Å². The van der Waals surface area contributed by atoms with Crippen molar-refractivity contribution in [2.24, 2.45) is 0 Å². The number of carboxylic acid groups (broad SMARTS) is 1. The highest BCUT2D eigenvalue weighted by Gasteiger charge is 2.02. The molecule has 0 saturated heterocycles. The van der Waals surface area contributed by atoms with Gasteiger partial charge in [-0.05, 0) is 72.5 Å². The molecule has 184 valence electrons. The second kappa shape index (κ2) is 15.3. The van der Waals surface area contributed by atoms with Gasteiger partial charge in [0.05, 0.1) is 18.8 Å². The van der Waals surface area contributed by atoms with Gasteiger partial charge in [-0.15, -0.1) is 0 Å². The second-order valence-corrected chi connectivity index (χ2v) is 8.54. The van der Waals surface area contributed by atoms with E-state index in [1.165, 1.54) is 32.1 Å². The number of hydrogen-bond donors (Lipinski definition) is 1. The number of hydrogen-bond acceptors (Lipinski definition) is 4. The molecule has 0 spiro atoms. The van der Waals surface area contributed by atoms with E-state index in [1.54, 1.807) is 36.7 Å². The Bertz CT molecular complexity index is 1010. The summed E-state index contributed by atoms with van der Waals surface area (Å²) in [6.07, 6.45) is 17.2. The van der Waals surface area contributed by atoms with Crippen LogP contribution in [0.5, 0.6) is 11.5 Å². The Balaban J connectivity index is 1.14. The van der Waals surface area contributed by atoms with Gasteiger partial charge in [0.25, 0.3) is 0 Å². The third-order valence-corrected chi connectivity index (χ3v) is 5.73. The van der Waals surface area contributed by atoms with Gasteiger partial charge in [0.15, 0.2) is 0 Å². The molecule has 1 aromatic heterocycles. The zero-order chi connectivity index (χ0) is 24.6. The molecular formula is C30H35NO4. The summed E-state index contributed by atoms with van der Waals surface area (Å²) < 4.78 is 11.5. The molecule has 0 amide bonds. The van der Waals surface area contributed by atoms with Gasteiger partial charge in [0, 0.05) is 12.4 Å². The Labute approximate surface area is 208 Å². The van der Waals surface area contributed by atoms with Gasteiger partial charge in [-0.2, -0.15) is 0 Å². The van der Waals surface area contributed by atoms with E-state index in [9.17, 15) is 4.79 Å². The number of rotatable bonds is 16. The van der Waals surface area contributed by atoms with Crippen molar-refractivity contribution >= 4 is 18.1 Å². The van der Waals surface area contributed by atoms with Crippen molar-refractivity contribution in [2.75, 3.05) is 13.2 Å². The monoisotopic (exact) mass is 473 g/mol. The minimum atomic E-state index is -0.916. The molecule has 0 aliphatic carbocycles. The number of aromatic carboxylic acids is 1. The van der Waals surface area contributed by atoms with Crippen LogP contribution in [0.15, 0.2) is 73.1 Å². The van der Waals surface area contributed by atoms with E-state index in [-0.39, 0.29) is 5.56 Å². The quantitative estimate of drug-likeness (QED) is 0.218. The van der Waals surface area contributed by atoms with Crippen molar-refractivity contribution in [1.82, 2.24) is 4.98 Å². The number of pyridine rings is 1. The molecule has 2 aromatic carbocycles. The highest BCUT2D eigenvalue weighted by Crippen LogP contribution is 2.16. The number of aromatic nitrogens is 1. The predicted molar refractivity (Wildman–Crippen MR) is 141 cm³/mol. The van der Waals surface area contributed by atoms with Crippen LogP contribution in [-0.2, 0) is 0 Å². The lowest BCUT2D eigenvalue weighted by Crippen LogP contribution is -1.99. The fourth-order valence-corrected chi connectivity index (χ4v) is 3.68. The van der Waals surface area contributed by atoms with Gasteiger partial charge >= 0.3 is 5.97 Å². The maximum Gasteiger partial charge on any atom is 0.335 e. The third kappa shape index (κ3) is 10.5. The molecule has 0 bridgehead atoms. The lowest BCUT2D eigenvalue weighted by molar-refractivity contribution is 0.0697. The lowest BCUT2D eigenvalue weighted by Gasteiger charge is -2.07. The number of carboxylic acids is 1. The van der Waals surface area contributed by atoms with E-state index >= 15 is 0 Å². The van der Waals surface area contributed by atoms with Crippen molar-refractivity contribution in [3.8, 4) is 11.5 Å². The first-order chi connectivity index (χ1) is 17.2. The number of benzene rings is 2. The molecule has 1 N–H and O–H groups in total. The summed E-state index contributed by atoms with van der Waals surface area (Å²) in [5.41, 5.74) is 2.57. The smallest absolute Gasteiger partial charge is 0.335 e. The minimum Gasteiger partial charge on any atom is -0.494 e. The van der Waals surface area contributed by atoms with Gasteiger partial charge in [-0.25, -0.2) is 4.79 Å². The average molecular weight is 474 g/mol. The molecule has 0 saturated carbocycles. The Kier molecular flexibility index (Phi) is 11.4. The molecule has 0 atom stereocenters. The van der Waals surface area contributed by atoms with Gasteiger partial charge in [-0.3, -0.25) is 4.98 Å². The topological polar surface area (TPSA) is 68.7 Å². The minimum absolute atomic E-state index is 0.281. The van der Waals surface area contributed by atoms with Gasteiger partial charge < -0.3 is 14.6 Å². The average Bonchev–Trinajstić information content (AvgIpc) is 2.89. The predicted octanol–water partition coefficient (Wildman–Crippen LogP) is 7.53. The first-order valence-electron chi connectivity index (χ1n) is 12.5. The Hall–Kier alpha value is -3.60. The van der Waals surface area contributed by atoms with Crippen LogP contribution >= 0.6 is 0 Å². The van der Waals surface area contributed by atoms with E-state index < -0.39 is 5.97 Å². The largest absolute Gasteiger partial charge is 0.494 e. The molecule has 0 aliphatic rings. The van der Waals surface area contributed by atoms with Crippen LogP contribution in [0.1, 0.15) is 72.9 Å².